The molecule has 0 fully saturated rings. The van der Waals surface area contributed by atoms with Gasteiger partial charge in [0.25, 0.3) is 0 Å². The predicted molar refractivity (Wildman–Crippen MR) is 108 cm³/mol. The van der Waals surface area contributed by atoms with E-state index >= 15 is 0 Å². The highest BCUT2D eigenvalue weighted by molar-refractivity contribution is 7.08. The normalized spacial score (nSPS) is 11.0. The summed E-state index contributed by atoms with van der Waals surface area (Å²) in [5, 5.41) is 8.43. The molecule has 0 saturated heterocycles. The van der Waals surface area contributed by atoms with E-state index in [2.05, 4.69) is 51.0 Å². The van der Waals surface area contributed by atoms with Gasteiger partial charge in [0, 0.05) is 30.7 Å². The zero-order valence-electron chi connectivity index (χ0n) is 14.6. The second-order valence-corrected chi connectivity index (χ2v) is 7.19. The molecule has 4 rings (SSSR count). The lowest BCUT2D eigenvalue weighted by Gasteiger charge is -2.10. The van der Waals surface area contributed by atoms with E-state index in [-0.39, 0.29) is 5.91 Å². The largest absolute Gasteiger partial charge is 0.352 e. The van der Waals surface area contributed by atoms with E-state index in [0.717, 1.165) is 22.0 Å². The quantitative estimate of drug-likeness (QED) is 0.547. The van der Waals surface area contributed by atoms with Crippen LogP contribution < -0.4 is 5.32 Å². The number of aryl methyl sites for hydroxylation is 1. The average molecular weight is 360 g/mol. The van der Waals surface area contributed by atoms with Gasteiger partial charge < -0.3 is 9.88 Å². The van der Waals surface area contributed by atoms with Crippen molar-refractivity contribution < 1.29 is 4.79 Å². The Bertz CT molecular complexity index is 1050. The molecule has 0 unspecified atom stereocenters. The Hall–Kier alpha value is -2.85. The van der Waals surface area contributed by atoms with Gasteiger partial charge in [0.05, 0.1) is 6.42 Å². The van der Waals surface area contributed by atoms with Crippen molar-refractivity contribution in [2.75, 3.05) is 0 Å². The molecule has 2 heterocycles. The minimum atomic E-state index is 0.0430. The smallest absolute Gasteiger partial charge is 0.224 e. The van der Waals surface area contributed by atoms with Crippen LogP contribution in [0, 0.1) is 0 Å². The van der Waals surface area contributed by atoms with E-state index in [1.54, 1.807) is 11.3 Å². The van der Waals surface area contributed by atoms with Crippen LogP contribution in [-0.2, 0) is 24.8 Å². The first kappa shape index (κ1) is 16.6. The number of nitrogens with zero attached hydrogens (tertiary/aromatic N) is 1. The molecule has 0 aliphatic rings. The number of para-hydroxylation sites is 1. The third-order valence-corrected chi connectivity index (χ3v) is 5.34. The summed E-state index contributed by atoms with van der Waals surface area (Å²) in [6.45, 7) is 0.537. The minimum Gasteiger partial charge on any atom is -0.352 e. The van der Waals surface area contributed by atoms with Gasteiger partial charge in [-0.15, -0.1) is 0 Å². The minimum absolute atomic E-state index is 0.0430. The molecule has 2 aromatic carbocycles. The van der Waals surface area contributed by atoms with Crippen LogP contribution in [0.25, 0.3) is 22.0 Å². The van der Waals surface area contributed by atoms with Gasteiger partial charge in [0.15, 0.2) is 0 Å². The fourth-order valence-electron chi connectivity index (χ4n) is 3.37. The number of fused-ring (bicyclic) bond motifs is 1. The second kappa shape index (κ2) is 7.18. The Balaban J connectivity index is 1.48. The van der Waals surface area contributed by atoms with Crippen LogP contribution in [-0.4, -0.2) is 10.5 Å². The highest BCUT2D eigenvalue weighted by Gasteiger charge is 2.11. The summed E-state index contributed by atoms with van der Waals surface area (Å²) in [6, 6.07) is 18.5. The van der Waals surface area contributed by atoms with Crippen LogP contribution >= 0.6 is 11.3 Å². The molecule has 0 saturated carbocycles. The number of carbonyl (C=O) groups is 1. The van der Waals surface area contributed by atoms with Crippen LogP contribution in [0.15, 0.2) is 71.6 Å². The molecule has 0 aliphatic carbocycles. The first-order valence-electron chi connectivity index (χ1n) is 8.62. The monoisotopic (exact) mass is 360 g/mol. The van der Waals surface area contributed by atoms with Crippen LogP contribution in [0.4, 0.5) is 0 Å². The fraction of sp³-hybridized carbons (Fsp3) is 0.136. The number of carbonyl (C=O) groups excluding carboxylic acids is 1. The summed E-state index contributed by atoms with van der Waals surface area (Å²) in [7, 11) is 2.01. The Morgan fingerprint density at radius 3 is 2.69 bits per heavy atom. The topological polar surface area (TPSA) is 34.0 Å². The molecule has 0 bridgehead atoms. The van der Waals surface area contributed by atoms with E-state index in [9.17, 15) is 4.79 Å². The van der Waals surface area contributed by atoms with Gasteiger partial charge in [0.2, 0.25) is 5.91 Å². The molecule has 4 aromatic rings. The van der Waals surface area contributed by atoms with E-state index in [1.165, 1.54) is 11.1 Å². The lowest BCUT2D eigenvalue weighted by molar-refractivity contribution is -0.120. The summed E-state index contributed by atoms with van der Waals surface area (Å²) in [4.78, 5) is 12.5. The van der Waals surface area contributed by atoms with E-state index < -0.39 is 0 Å². The average Bonchev–Trinajstić information content (AvgIpc) is 3.30. The van der Waals surface area contributed by atoms with Crippen molar-refractivity contribution in [2.24, 2.45) is 7.05 Å². The molecule has 1 amide bonds. The molecule has 4 heteroatoms. The number of benzene rings is 2. The van der Waals surface area contributed by atoms with Crippen molar-refractivity contribution in [2.45, 2.75) is 13.0 Å². The number of hydrogen-bond acceptors (Lipinski definition) is 2. The van der Waals surface area contributed by atoms with Gasteiger partial charge in [-0.1, -0.05) is 42.5 Å². The number of amides is 1. The van der Waals surface area contributed by atoms with Gasteiger partial charge in [0.1, 0.15) is 0 Å². The number of aromatic nitrogens is 1. The first-order valence-corrected chi connectivity index (χ1v) is 9.57. The fourth-order valence-corrected chi connectivity index (χ4v) is 4.03. The van der Waals surface area contributed by atoms with Crippen molar-refractivity contribution in [1.82, 2.24) is 9.88 Å². The Labute approximate surface area is 156 Å². The Morgan fingerprint density at radius 1 is 1.04 bits per heavy atom. The van der Waals surface area contributed by atoms with Gasteiger partial charge in [-0.25, -0.2) is 0 Å². The van der Waals surface area contributed by atoms with Gasteiger partial charge in [-0.2, -0.15) is 11.3 Å². The number of hydrogen-bond donors (Lipinski definition) is 1. The van der Waals surface area contributed by atoms with Crippen LogP contribution in [0.1, 0.15) is 11.1 Å². The van der Waals surface area contributed by atoms with Crippen LogP contribution in [0.3, 0.4) is 0 Å². The first-order chi connectivity index (χ1) is 12.7. The predicted octanol–water partition coefficient (Wildman–Crippen LogP) is 4.77. The van der Waals surface area contributed by atoms with E-state index in [4.69, 9.17) is 0 Å². The Kier molecular flexibility index (Phi) is 4.59. The SMILES string of the molecule is Cn1cc(CC(=O)NCc2ccccc2-c2ccsc2)c2ccccc21. The van der Waals surface area contributed by atoms with Gasteiger partial charge >= 0.3 is 0 Å². The maximum atomic E-state index is 12.5. The molecule has 0 aliphatic heterocycles. The highest BCUT2D eigenvalue weighted by Crippen LogP contribution is 2.26. The molecular weight excluding hydrogens is 340 g/mol. The zero-order chi connectivity index (χ0) is 17.9. The lowest BCUT2D eigenvalue weighted by atomic mass is 10.0. The highest BCUT2D eigenvalue weighted by atomic mass is 32.1. The number of rotatable bonds is 5. The van der Waals surface area contributed by atoms with E-state index in [0.29, 0.717) is 13.0 Å². The van der Waals surface area contributed by atoms with Crippen molar-refractivity contribution in [3.63, 3.8) is 0 Å². The van der Waals surface area contributed by atoms with Crippen LogP contribution in [0.2, 0.25) is 0 Å². The third-order valence-electron chi connectivity index (χ3n) is 4.66. The molecule has 0 spiro atoms. The van der Waals surface area contributed by atoms with Crippen LogP contribution in [0.5, 0.6) is 0 Å². The molecule has 0 atom stereocenters. The zero-order valence-corrected chi connectivity index (χ0v) is 15.4. The molecule has 3 nitrogen and oxygen atoms in total. The standard InChI is InChI=1S/C22H20N2OS/c1-24-14-18(20-8-4-5-9-21(20)24)12-22(25)23-13-16-6-2-3-7-19(16)17-10-11-26-15-17/h2-11,14-15H,12-13H2,1H3,(H,23,25). The summed E-state index contributed by atoms with van der Waals surface area (Å²) in [6.07, 6.45) is 2.44. The maximum Gasteiger partial charge on any atom is 0.224 e. The summed E-state index contributed by atoms with van der Waals surface area (Å²) >= 11 is 1.68. The Morgan fingerprint density at radius 2 is 1.85 bits per heavy atom. The van der Waals surface area contributed by atoms with E-state index in [1.807, 2.05) is 37.5 Å². The van der Waals surface area contributed by atoms with Crippen molar-refractivity contribution >= 4 is 28.1 Å². The maximum absolute atomic E-state index is 12.5. The third kappa shape index (κ3) is 3.28. The van der Waals surface area contributed by atoms with Gasteiger partial charge in [-0.3, -0.25) is 4.79 Å². The molecule has 2 aromatic heterocycles. The molecule has 26 heavy (non-hydrogen) atoms. The van der Waals surface area contributed by atoms with Gasteiger partial charge in [-0.05, 0) is 45.1 Å². The van der Waals surface area contributed by atoms with Crippen molar-refractivity contribution in [3.05, 3.63) is 82.7 Å². The molecule has 130 valence electrons. The number of thiophene rings is 1. The summed E-state index contributed by atoms with van der Waals surface area (Å²) in [5.41, 5.74) is 5.73. The second-order valence-electron chi connectivity index (χ2n) is 6.41. The molecule has 0 radical (unpaired) electrons. The van der Waals surface area contributed by atoms with Crippen molar-refractivity contribution in [1.29, 1.82) is 0 Å². The number of nitrogens with one attached hydrogen (secondary N) is 1. The lowest BCUT2D eigenvalue weighted by Crippen LogP contribution is -2.24. The summed E-state index contributed by atoms with van der Waals surface area (Å²) < 4.78 is 2.07. The molecular formula is C22H20N2OS. The van der Waals surface area contributed by atoms with Crippen molar-refractivity contribution in [3.8, 4) is 11.1 Å². The summed E-state index contributed by atoms with van der Waals surface area (Å²) in [5.74, 6) is 0.0430. The molecule has 1 N–H and O–H groups in total.